The van der Waals surface area contributed by atoms with Crippen LogP contribution in [0.2, 0.25) is 0 Å². The molecule has 2 rings (SSSR count). The highest BCUT2D eigenvalue weighted by atomic mass is 32.1. The number of nitrogens with one attached hydrogen (secondary N) is 1. The molecule has 1 heterocycles. The lowest BCUT2D eigenvalue weighted by Crippen LogP contribution is -2.55. The Morgan fingerprint density at radius 2 is 2.40 bits per heavy atom. The van der Waals surface area contributed by atoms with E-state index in [0.29, 0.717) is 13.0 Å². The lowest BCUT2D eigenvalue weighted by Gasteiger charge is -2.38. The highest BCUT2D eigenvalue weighted by Gasteiger charge is 2.32. The molecule has 0 unspecified atom stereocenters. The highest BCUT2D eigenvalue weighted by molar-refractivity contribution is 7.07. The van der Waals surface area contributed by atoms with E-state index >= 15 is 0 Å². The van der Waals surface area contributed by atoms with Crippen molar-refractivity contribution in [1.82, 2.24) is 5.32 Å². The van der Waals surface area contributed by atoms with Crippen LogP contribution in [-0.2, 0) is 11.2 Å². The van der Waals surface area contributed by atoms with Gasteiger partial charge in [0.15, 0.2) is 0 Å². The van der Waals surface area contributed by atoms with E-state index in [1.807, 2.05) is 16.8 Å². The molecule has 1 saturated carbocycles. The number of thiophene rings is 1. The third kappa shape index (κ3) is 2.79. The maximum absolute atomic E-state index is 11.5. The summed E-state index contributed by atoms with van der Waals surface area (Å²) in [5.74, 6) is 0.0742. The molecule has 0 bridgehead atoms. The summed E-state index contributed by atoms with van der Waals surface area (Å²) in [4.78, 5) is 11.5. The Morgan fingerprint density at radius 1 is 1.60 bits per heavy atom. The van der Waals surface area contributed by atoms with Crippen LogP contribution in [0.4, 0.5) is 0 Å². The molecule has 1 amide bonds. The third-order valence-corrected chi connectivity index (χ3v) is 3.66. The van der Waals surface area contributed by atoms with E-state index in [-0.39, 0.29) is 11.4 Å². The topological polar surface area (TPSA) is 55.1 Å². The van der Waals surface area contributed by atoms with Crippen molar-refractivity contribution < 1.29 is 4.79 Å². The summed E-state index contributed by atoms with van der Waals surface area (Å²) in [5.41, 5.74) is 6.97. The minimum absolute atomic E-state index is 0.0742. The molecule has 3 N–H and O–H groups in total. The van der Waals surface area contributed by atoms with Gasteiger partial charge in [0.05, 0.1) is 6.42 Å². The Hall–Kier alpha value is -0.870. The van der Waals surface area contributed by atoms with E-state index in [2.05, 4.69) is 5.32 Å². The lowest BCUT2D eigenvalue weighted by molar-refractivity contribution is -0.120. The molecule has 0 radical (unpaired) electrons. The van der Waals surface area contributed by atoms with E-state index in [9.17, 15) is 4.79 Å². The molecule has 0 saturated heterocycles. The fraction of sp³-hybridized carbons (Fsp3) is 0.545. The van der Waals surface area contributed by atoms with E-state index in [4.69, 9.17) is 5.73 Å². The summed E-state index contributed by atoms with van der Waals surface area (Å²) in [6.07, 6.45) is 3.73. The van der Waals surface area contributed by atoms with Crippen LogP contribution in [0.1, 0.15) is 24.8 Å². The number of nitrogens with two attached hydrogens (primary N) is 1. The van der Waals surface area contributed by atoms with Gasteiger partial charge in [-0.1, -0.05) is 0 Å². The zero-order valence-electron chi connectivity index (χ0n) is 8.66. The van der Waals surface area contributed by atoms with Gasteiger partial charge in [-0.25, -0.2) is 0 Å². The predicted octanol–water partition coefficient (Wildman–Crippen LogP) is 1.29. The van der Waals surface area contributed by atoms with Gasteiger partial charge >= 0.3 is 0 Å². The Bertz CT molecular complexity index is 330. The summed E-state index contributed by atoms with van der Waals surface area (Å²) in [7, 11) is 0. The third-order valence-electron chi connectivity index (χ3n) is 2.93. The number of amides is 1. The predicted molar refractivity (Wildman–Crippen MR) is 61.8 cm³/mol. The summed E-state index contributed by atoms with van der Waals surface area (Å²) < 4.78 is 0. The van der Waals surface area contributed by atoms with Gasteiger partial charge in [-0.3, -0.25) is 4.79 Å². The van der Waals surface area contributed by atoms with Crippen molar-refractivity contribution in [2.45, 2.75) is 31.2 Å². The van der Waals surface area contributed by atoms with Gasteiger partial charge in [-0.05, 0) is 41.7 Å². The largest absolute Gasteiger partial charge is 0.354 e. The molecule has 82 valence electrons. The van der Waals surface area contributed by atoms with Crippen molar-refractivity contribution in [3.8, 4) is 0 Å². The molecule has 0 aromatic carbocycles. The first-order valence-electron chi connectivity index (χ1n) is 5.25. The van der Waals surface area contributed by atoms with E-state index < -0.39 is 0 Å². The fourth-order valence-electron chi connectivity index (χ4n) is 1.72. The average molecular weight is 224 g/mol. The highest BCUT2D eigenvalue weighted by Crippen LogP contribution is 2.27. The molecule has 3 nitrogen and oxygen atoms in total. The minimum atomic E-state index is -0.121. The summed E-state index contributed by atoms with van der Waals surface area (Å²) >= 11 is 1.62. The molecule has 1 fully saturated rings. The summed E-state index contributed by atoms with van der Waals surface area (Å²) in [6, 6.07) is 1.98. The van der Waals surface area contributed by atoms with Gasteiger partial charge in [0.25, 0.3) is 0 Å². The summed E-state index contributed by atoms with van der Waals surface area (Å²) in [5, 5.41) is 6.89. The van der Waals surface area contributed by atoms with Crippen molar-refractivity contribution in [2.75, 3.05) is 6.54 Å². The molecule has 0 spiro atoms. The van der Waals surface area contributed by atoms with Crippen molar-refractivity contribution in [1.29, 1.82) is 0 Å². The van der Waals surface area contributed by atoms with Crippen molar-refractivity contribution in [2.24, 2.45) is 5.73 Å². The average Bonchev–Trinajstić information content (AvgIpc) is 2.64. The van der Waals surface area contributed by atoms with Gasteiger partial charge in [0.1, 0.15) is 0 Å². The lowest BCUT2D eigenvalue weighted by atomic mass is 9.78. The zero-order valence-corrected chi connectivity index (χ0v) is 9.48. The van der Waals surface area contributed by atoms with Crippen LogP contribution < -0.4 is 11.1 Å². The second-order valence-electron chi connectivity index (χ2n) is 4.30. The molecule has 1 aromatic heterocycles. The Kier molecular flexibility index (Phi) is 3.07. The maximum Gasteiger partial charge on any atom is 0.224 e. The number of carbonyl (C=O) groups excluding carboxylic acids is 1. The Balaban J connectivity index is 1.73. The molecule has 1 aliphatic rings. The standard InChI is InChI=1S/C11H16N2OS/c12-11(3-1-4-11)8-13-10(14)6-9-2-5-15-7-9/h2,5,7H,1,3-4,6,8,12H2,(H,13,14). The Labute approximate surface area is 93.7 Å². The van der Waals surface area contributed by atoms with Crippen LogP contribution in [-0.4, -0.2) is 18.0 Å². The monoisotopic (exact) mass is 224 g/mol. The van der Waals surface area contributed by atoms with Crippen LogP contribution in [0.3, 0.4) is 0 Å². The zero-order chi connectivity index (χ0) is 10.7. The second kappa shape index (κ2) is 4.33. The molecule has 0 aliphatic heterocycles. The molecule has 4 heteroatoms. The van der Waals surface area contributed by atoms with Gasteiger partial charge in [0.2, 0.25) is 5.91 Å². The first kappa shape index (κ1) is 10.6. The first-order chi connectivity index (χ1) is 7.18. The van der Waals surface area contributed by atoms with Crippen LogP contribution in [0.5, 0.6) is 0 Å². The van der Waals surface area contributed by atoms with Crippen molar-refractivity contribution in [3.63, 3.8) is 0 Å². The van der Waals surface area contributed by atoms with Crippen LogP contribution in [0.25, 0.3) is 0 Å². The normalized spacial score (nSPS) is 18.2. The molecule has 1 aromatic rings. The van der Waals surface area contributed by atoms with Gasteiger partial charge in [0, 0.05) is 12.1 Å². The van der Waals surface area contributed by atoms with E-state index in [0.717, 1.165) is 18.4 Å². The van der Waals surface area contributed by atoms with Gasteiger partial charge < -0.3 is 11.1 Å². The second-order valence-corrected chi connectivity index (χ2v) is 5.08. The molecular weight excluding hydrogens is 208 g/mol. The summed E-state index contributed by atoms with van der Waals surface area (Å²) in [6.45, 7) is 0.621. The van der Waals surface area contributed by atoms with Gasteiger partial charge in [-0.2, -0.15) is 11.3 Å². The molecule has 15 heavy (non-hydrogen) atoms. The van der Waals surface area contributed by atoms with Crippen LogP contribution in [0.15, 0.2) is 16.8 Å². The smallest absolute Gasteiger partial charge is 0.224 e. The Morgan fingerprint density at radius 3 is 2.93 bits per heavy atom. The number of carbonyl (C=O) groups is 1. The molecule has 0 atom stereocenters. The van der Waals surface area contributed by atoms with E-state index in [1.165, 1.54) is 6.42 Å². The van der Waals surface area contributed by atoms with Crippen LogP contribution in [0, 0.1) is 0 Å². The van der Waals surface area contributed by atoms with E-state index in [1.54, 1.807) is 11.3 Å². The van der Waals surface area contributed by atoms with Crippen molar-refractivity contribution in [3.05, 3.63) is 22.4 Å². The van der Waals surface area contributed by atoms with Crippen LogP contribution >= 0.6 is 11.3 Å². The number of hydrogen-bond donors (Lipinski definition) is 2. The first-order valence-corrected chi connectivity index (χ1v) is 6.19. The van der Waals surface area contributed by atoms with Gasteiger partial charge in [-0.15, -0.1) is 0 Å². The quantitative estimate of drug-likeness (QED) is 0.809. The molecule has 1 aliphatic carbocycles. The number of rotatable bonds is 4. The van der Waals surface area contributed by atoms with Crippen molar-refractivity contribution >= 4 is 17.2 Å². The fourth-order valence-corrected chi connectivity index (χ4v) is 2.39. The molecular formula is C11H16N2OS. The SMILES string of the molecule is NC1(CNC(=O)Cc2ccsc2)CCC1. The minimum Gasteiger partial charge on any atom is -0.354 e. The number of hydrogen-bond acceptors (Lipinski definition) is 3. The maximum atomic E-state index is 11.5.